The number of amides is 2. The topological polar surface area (TPSA) is 108 Å². The Kier molecular flexibility index (Phi) is 5.26. The zero-order chi connectivity index (χ0) is 17.6. The summed E-state index contributed by atoms with van der Waals surface area (Å²) in [7, 11) is 0. The zero-order valence-electron chi connectivity index (χ0n) is 13.2. The number of nitrogens with one attached hydrogen (secondary N) is 3. The lowest BCUT2D eigenvalue weighted by atomic mass is 10.2. The molecule has 1 aliphatic heterocycles. The number of nitrogens with zero attached hydrogens (tertiary/aromatic N) is 2. The summed E-state index contributed by atoms with van der Waals surface area (Å²) in [6, 6.07) is 5.13. The van der Waals surface area contributed by atoms with Gasteiger partial charge in [0.2, 0.25) is 5.91 Å². The highest BCUT2D eigenvalue weighted by molar-refractivity contribution is 7.17. The molecule has 2 amide bonds. The highest BCUT2D eigenvalue weighted by Gasteiger charge is 2.12. The fraction of sp³-hybridized carbons (Fsp3) is 0.188. The zero-order valence-corrected chi connectivity index (χ0v) is 14.0. The van der Waals surface area contributed by atoms with Crippen molar-refractivity contribution < 1.29 is 14.8 Å². The summed E-state index contributed by atoms with van der Waals surface area (Å²) >= 11 is 1.21. The second kappa shape index (κ2) is 7.77. The number of carbonyl (C=O) groups is 2. The number of rotatable bonds is 6. The van der Waals surface area contributed by atoms with Crippen LogP contribution in [0.25, 0.3) is 10.6 Å². The Balaban J connectivity index is 1.57. The van der Waals surface area contributed by atoms with Gasteiger partial charge in [-0.25, -0.2) is 5.48 Å². The lowest BCUT2D eigenvalue weighted by Gasteiger charge is -2.10. The molecule has 130 valence electrons. The third-order valence-corrected chi connectivity index (χ3v) is 4.58. The first-order valence-electron chi connectivity index (χ1n) is 7.59. The smallest absolute Gasteiger partial charge is 0.284 e. The van der Waals surface area contributed by atoms with Crippen molar-refractivity contribution in [3.05, 3.63) is 53.2 Å². The molecule has 3 rings (SSSR count). The van der Waals surface area contributed by atoms with Crippen molar-refractivity contribution in [1.82, 2.24) is 25.9 Å². The van der Waals surface area contributed by atoms with E-state index in [0.29, 0.717) is 17.1 Å². The van der Waals surface area contributed by atoms with Crippen molar-refractivity contribution >= 4 is 23.2 Å². The largest absolute Gasteiger partial charge is 0.387 e. The molecule has 0 aliphatic carbocycles. The van der Waals surface area contributed by atoms with Crippen LogP contribution >= 0.6 is 11.3 Å². The fourth-order valence-electron chi connectivity index (χ4n) is 2.26. The molecule has 0 saturated carbocycles. The average molecular weight is 359 g/mol. The summed E-state index contributed by atoms with van der Waals surface area (Å²) in [4.78, 5) is 24.5. The molecule has 2 aromatic heterocycles. The predicted molar refractivity (Wildman–Crippen MR) is 93.0 cm³/mol. The standard InChI is InChI=1S/C16H17N5O3S/c22-15(18-9-11-2-1-6-17-8-11)10-21-7-5-12(19-21)13-3-4-14(25-13)16(23)20-24/h1-5,7-8,17,24H,6,9-10H2,(H,18,22)(H,20,23). The molecule has 0 fully saturated rings. The minimum atomic E-state index is -0.560. The predicted octanol–water partition coefficient (Wildman–Crippen LogP) is 0.890. The number of carbonyl (C=O) groups excluding carboxylic acids is 2. The molecule has 9 heteroatoms. The quantitative estimate of drug-likeness (QED) is 0.452. The number of hydrogen-bond acceptors (Lipinski definition) is 6. The molecule has 2 aromatic rings. The fourth-order valence-corrected chi connectivity index (χ4v) is 3.12. The third kappa shape index (κ3) is 4.34. The van der Waals surface area contributed by atoms with Crippen LogP contribution in [0.5, 0.6) is 0 Å². The first-order chi connectivity index (χ1) is 12.2. The molecule has 0 atom stereocenters. The monoisotopic (exact) mass is 359 g/mol. The van der Waals surface area contributed by atoms with Gasteiger partial charge in [0.05, 0.1) is 9.75 Å². The molecule has 1 aliphatic rings. The second-order valence-corrected chi connectivity index (χ2v) is 6.39. The summed E-state index contributed by atoms with van der Waals surface area (Å²) in [6.45, 7) is 1.37. The highest BCUT2D eigenvalue weighted by Crippen LogP contribution is 2.26. The Morgan fingerprint density at radius 3 is 3.00 bits per heavy atom. The van der Waals surface area contributed by atoms with E-state index in [9.17, 15) is 9.59 Å². The van der Waals surface area contributed by atoms with Crippen LogP contribution in [0, 0.1) is 0 Å². The van der Waals surface area contributed by atoms with Gasteiger partial charge < -0.3 is 10.6 Å². The van der Waals surface area contributed by atoms with E-state index in [1.54, 1.807) is 34.6 Å². The number of hydroxylamine groups is 1. The second-order valence-electron chi connectivity index (χ2n) is 5.31. The molecule has 0 spiro atoms. The molecular formula is C16H17N5O3S. The van der Waals surface area contributed by atoms with Crippen molar-refractivity contribution in [2.75, 3.05) is 13.1 Å². The van der Waals surface area contributed by atoms with Crippen LogP contribution in [0.15, 0.2) is 48.3 Å². The molecule has 0 radical (unpaired) electrons. The summed E-state index contributed by atoms with van der Waals surface area (Å²) in [6.07, 6.45) is 7.55. The molecule has 0 unspecified atom stereocenters. The minimum absolute atomic E-state index is 0.111. The number of aromatic nitrogens is 2. The lowest BCUT2D eigenvalue weighted by Crippen LogP contribution is -2.30. The third-order valence-electron chi connectivity index (χ3n) is 3.47. The summed E-state index contributed by atoms with van der Waals surface area (Å²) in [5.74, 6) is -0.698. The molecular weight excluding hydrogens is 342 g/mol. The van der Waals surface area contributed by atoms with Gasteiger partial charge in [0.1, 0.15) is 12.2 Å². The van der Waals surface area contributed by atoms with Crippen molar-refractivity contribution in [2.45, 2.75) is 6.54 Å². The van der Waals surface area contributed by atoms with Crippen LogP contribution in [0.3, 0.4) is 0 Å². The first kappa shape index (κ1) is 16.9. The Labute approximate surface area is 147 Å². The highest BCUT2D eigenvalue weighted by atomic mass is 32.1. The van der Waals surface area contributed by atoms with E-state index in [1.165, 1.54) is 11.3 Å². The molecule has 25 heavy (non-hydrogen) atoms. The van der Waals surface area contributed by atoms with Crippen LogP contribution in [0.2, 0.25) is 0 Å². The average Bonchev–Trinajstić information content (AvgIpc) is 3.29. The van der Waals surface area contributed by atoms with E-state index in [2.05, 4.69) is 15.7 Å². The molecule has 4 N–H and O–H groups in total. The van der Waals surface area contributed by atoms with Crippen LogP contribution in [0.1, 0.15) is 9.67 Å². The van der Waals surface area contributed by atoms with E-state index in [4.69, 9.17) is 5.21 Å². The van der Waals surface area contributed by atoms with Gasteiger partial charge in [0.15, 0.2) is 0 Å². The number of dihydropyridines is 1. The van der Waals surface area contributed by atoms with Gasteiger partial charge in [-0.3, -0.25) is 19.5 Å². The van der Waals surface area contributed by atoms with Crippen molar-refractivity contribution in [2.24, 2.45) is 0 Å². The first-order valence-corrected chi connectivity index (χ1v) is 8.41. The van der Waals surface area contributed by atoms with Crippen LogP contribution in [-0.4, -0.2) is 39.9 Å². The van der Waals surface area contributed by atoms with Crippen LogP contribution in [0.4, 0.5) is 0 Å². The lowest BCUT2D eigenvalue weighted by molar-refractivity contribution is -0.121. The van der Waals surface area contributed by atoms with Crippen molar-refractivity contribution in [3.63, 3.8) is 0 Å². The summed E-state index contributed by atoms with van der Waals surface area (Å²) in [5.41, 5.74) is 3.27. The Morgan fingerprint density at radius 2 is 2.24 bits per heavy atom. The van der Waals surface area contributed by atoms with E-state index in [0.717, 1.165) is 17.0 Å². The number of hydrogen-bond donors (Lipinski definition) is 4. The van der Waals surface area contributed by atoms with E-state index < -0.39 is 5.91 Å². The van der Waals surface area contributed by atoms with Gasteiger partial charge in [-0.1, -0.05) is 12.2 Å². The summed E-state index contributed by atoms with van der Waals surface area (Å²) in [5, 5.41) is 18.9. The van der Waals surface area contributed by atoms with Crippen LogP contribution < -0.4 is 16.1 Å². The van der Waals surface area contributed by atoms with Gasteiger partial charge in [0.25, 0.3) is 5.91 Å². The molecule has 0 saturated heterocycles. The Hall–Kier alpha value is -2.91. The summed E-state index contributed by atoms with van der Waals surface area (Å²) < 4.78 is 1.54. The minimum Gasteiger partial charge on any atom is -0.387 e. The van der Waals surface area contributed by atoms with Crippen molar-refractivity contribution in [3.8, 4) is 10.6 Å². The Bertz CT molecular complexity index is 836. The maximum atomic E-state index is 12.0. The number of thiophene rings is 1. The van der Waals surface area contributed by atoms with E-state index in [1.807, 2.05) is 18.4 Å². The molecule has 8 nitrogen and oxygen atoms in total. The maximum absolute atomic E-state index is 12.0. The van der Waals surface area contributed by atoms with Crippen LogP contribution in [-0.2, 0) is 11.3 Å². The molecule has 0 aromatic carbocycles. The molecule has 0 bridgehead atoms. The van der Waals surface area contributed by atoms with Gasteiger partial charge >= 0.3 is 0 Å². The maximum Gasteiger partial charge on any atom is 0.284 e. The van der Waals surface area contributed by atoms with E-state index in [-0.39, 0.29) is 12.5 Å². The van der Waals surface area contributed by atoms with Crippen molar-refractivity contribution in [1.29, 1.82) is 0 Å². The SMILES string of the molecule is O=C(Cn1ccc(-c2ccc(C(=O)NO)s2)n1)NCC1=CNCC=C1. The normalized spacial score (nSPS) is 13.1. The van der Waals surface area contributed by atoms with Gasteiger partial charge in [-0.15, -0.1) is 11.3 Å². The Morgan fingerprint density at radius 1 is 1.36 bits per heavy atom. The van der Waals surface area contributed by atoms with Gasteiger partial charge in [0, 0.05) is 25.5 Å². The van der Waals surface area contributed by atoms with E-state index >= 15 is 0 Å². The van der Waals surface area contributed by atoms with Gasteiger partial charge in [-0.2, -0.15) is 5.10 Å². The molecule has 3 heterocycles. The van der Waals surface area contributed by atoms with Gasteiger partial charge in [-0.05, 0) is 23.8 Å².